The van der Waals surface area contributed by atoms with E-state index in [9.17, 15) is 13.6 Å². The minimum absolute atomic E-state index is 0.0177. The molecule has 0 bridgehead atoms. The van der Waals surface area contributed by atoms with Crippen LogP contribution >= 0.6 is 23.6 Å². The van der Waals surface area contributed by atoms with Crippen LogP contribution in [0.1, 0.15) is 24.0 Å². The molecule has 10 heteroatoms. The van der Waals surface area contributed by atoms with Crippen LogP contribution in [0.4, 0.5) is 13.9 Å². The molecule has 0 aliphatic carbocycles. The first-order valence-electron chi connectivity index (χ1n) is 8.25. The maximum atomic E-state index is 13.5. The molecule has 0 aliphatic heterocycles. The average molecular weight is 409 g/mol. The molecule has 2 heterocycles. The van der Waals surface area contributed by atoms with E-state index in [1.54, 1.807) is 11.5 Å². The standard InChI is InChI=1S/C17H17F2N5OS2/c1-3-4-13-22-23-17(26)24(13)8-14(25)20-16-21-15(9(2)27-16)10-5-6-11(18)12(19)7-10/h5-7H,3-4,8H2,1-2H3,(H,23,26)(H,20,21,25). The van der Waals surface area contributed by atoms with Gasteiger partial charge in [-0.25, -0.2) is 13.8 Å². The van der Waals surface area contributed by atoms with Crippen molar-refractivity contribution in [2.45, 2.75) is 33.2 Å². The van der Waals surface area contributed by atoms with Gasteiger partial charge in [0.15, 0.2) is 21.5 Å². The van der Waals surface area contributed by atoms with Crippen molar-refractivity contribution in [3.05, 3.63) is 45.3 Å². The lowest BCUT2D eigenvalue weighted by molar-refractivity contribution is -0.116. The number of hydrogen-bond donors (Lipinski definition) is 2. The lowest BCUT2D eigenvalue weighted by atomic mass is 10.1. The summed E-state index contributed by atoms with van der Waals surface area (Å²) in [6, 6.07) is 3.59. The number of nitrogens with zero attached hydrogens (tertiary/aromatic N) is 3. The molecule has 2 N–H and O–H groups in total. The highest BCUT2D eigenvalue weighted by Crippen LogP contribution is 2.31. The third kappa shape index (κ3) is 4.28. The lowest BCUT2D eigenvalue weighted by Gasteiger charge is -2.05. The van der Waals surface area contributed by atoms with Gasteiger partial charge in [0.2, 0.25) is 5.91 Å². The molecule has 0 aliphatic rings. The summed E-state index contributed by atoms with van der Waals surface area (Å²) in [7, 11) is 0. The lowest BCUT2D eigenvalue weighted by Crippen LogP contribution is -2.20. The first-order valence-corrected chi connectivity index (χ1v) is 9.48. The summed E-state index contributed by atoms with van der Waals surface area (Å²) in [5.41, 5.74) is 0.950. The molecule has 27 heavy (non-hydrogen) atoms. The zero-order valence-electron chi connectivity index (χ0n) is 14.7. The van der Waals surface area contributed by atoms with Crippen LogP contribution in [0.5, 0.6) is 0 Å². The van der Waals surface area contributed by atoms with Crippen molar-refractivity contribution >= 4 is 34.6 Å². The number of rotatable bonds is 6. The largest absolute Gasteiger partial charge is 0.300 e. The Bertz CT molecular complexity index is 1040. The molecule has 3 aromatic rings. The van der Waals surface area contributed by atoms with E-state index in [-0.39, 0.29) is 12.5 Å². The monoisotopic (exact) mass is 409 g/mol. The van der Waals surface area contributed by atoms with Crippen molar-refractivity contribution in [3.63, 3.8) is 0 Å². The van der Waals surface area contributed by atoms with E-state index in [0.717, 1.165) is 29.3 Å². The van der Waals surface area contributed by atoms with Crippen molar-refractivity contribution < 1.29 is 13.6 Å². The van der Waals surface area contributed by atoms with Gasteiger partial charge in [-0.1, -0.05) is 6.92 Å². The van der Waals surface area contributed by atoms with E-state index in [1.807, 2.05) is 6.92 Å². The van der Waals surface area contributed by atoms with Gasteiger partial charge in [-0.2, -0.15) is 5.10 Å². The summed E-state index contributed by atoms with van der Waals surface area (Å²) in [4.78, 5) is 17.5. The smallest absolute Gasteiger partial charge is 0.246 e. The van der Waals surface area contributed by atoms with E-state index in [0.29, 0.717) is 27.6 Å². The van der Waals surface area contributed by atoms with E-state index in [1.165, 1.54) is 17.4 Å². The molecule has 2 aromatic heterocycles. The number of hydrogen-bond acceptors (Lipinski definition) is 5. The number of aryl methyl sites for hydroxylation is 2. The Labute approximate surface area is 163 Å². The predicted octanol–water partition coefficient (Wildman–Crippen LogP) is 4.24. The Morgan fingerprint density at radius 1 is 1.37 bits per heavy atom. The molecular weight excluding hydrogens is 392 g/mol. The number of benzene rings is 1. The highest BCUT2D eigenvalue weighted by atomic mass is 32.1. The zero-order chi connectivity index (χ0) is 19.6. The fourth-order valence-electron chi connectivity index (χ4n) is 2.59. The van der Waals surface area contributed by atoms with Crippen molar-refractivity contribution in [1.82, 2.24) is 19.7 Å². The third-order valence-corrected chi connectivity index (χ3v) is 5.05. The quantitative estimate of drug-likeness (QED) is 0.597. The number of carbonyl (C=O) groups excluding carboxylic acids is 1. The zero-order valence-corrected chi connectivity index (χ0v) is 16.3. The topological polar surface area (TPSA) is 75.6 Å². The van der Waals surface area contributed by atoms with E-state index in [4.69, 9.17) is 12.2 Å². The summed E-state index contributed by atoms with van der Waals surface area (Å²) < 4.78 is 28.6. The van der Waals surface area contributed by atoms with E-state index in [2.05, 4.69) is 20.5 Å². The van der Waals surface area contributed by atoms with Crippen LogP contribution in [-0.2, 0) is 17.8 Å². The maximum absolute atomic E-state index is 13.5. The minimum atomic E-state index is -0.941. The number of amides is 1. The Morgan fingerprint density at radius 3 is 2.85 bits per heavy atom. The number of H-pyrrole nitrogens is 1. The van der Waals surface area contributed by atoms with Gasteiger partial charge in [-0.05, 0) is 43.8 Å². The van der Waals surface area contributed by atoms with Gasteiger partial charge in [0.25, 0.3) is 0 Å². The summed E-state index contributed by atoms with van der Waals surface area (Å²) in [6.45, 7) is 3.83. The highest BCUT2D eigenvalue weighted by Gasteiger charge is 2.15. The number of halogens is 2. The molecule has 0 unspecified atom stereocenters. The second-order valence-electron chi connectivity index (χ2n) is 5.88. The fraction of sp³-hybridized carbons (Fsp3) is 0.294. The molecule has 1 amide bonds. The van der Waals surface area contributed by atoms with E-state index >= 15 is 0 Å². The molecule has 142 valence electrons. The fourth-order valence-corrected chi connectivity index (χ4v) is 3.66. The number of anilines is 1. The number of thiazole rings is 1. The van der Waals surface area contributed by atoms with Crippen molar-refractivity contribution in [3.8, 4) is 11.3 Å². The summed E-state index contributed by atoms with van der Waals surface area (Å²) in [6.07, 6.45) is 1.58. The van der Waals surface area contributed by atoms with Gasteiger partial charge >= 0.3 is 0 Å². The number of aromatic nitrogens is 4. The van der Waals surface area contributed by atoms with Crippen molar-refractivity contribution in [2.75, 3.05) is 5.32 Å². The molecule has 6 nitrogen and oxygen atoms in total. The van der Waals surface area contributed by atoms with Crippen LogP contribution in [-0.4, -0.2) is 25.7 Å². The predicted molar refractivity (Wildman–Crippen MR) is 102 cm³/mol. The Hall–Kier alpha value is -2.46. The van der Waals surface area contributed by atoms with Crippen LogP contribution in [0.3, 0.4) is 0 Å². The first-order chi connectivity index (χ1) is 12.9. The van der Waals surface area contributed by atoms with Crippen LogP contribution in [0, 0.1) is 23.3 Å². The summed E-state index contributed by atoms with van der Waals surface area (Å²) in [5, 5.41) is 9.92. The average Bonchev–Trinajstić information content (AvgIpc) is 3.14. The van der Waals surface area contributed by atoms with Crippen LogP contribution in [0.15, 0.2) is 18.2 Å². The molecule has 0 fully saturated rings. The third-order valence-electron chi connectivity index (χ3n) is 3.85. The van der Waals surface area contributed by atoms with Crippen molar-refractivity contribution in [2.24, 2.45) is 0 Å². The molecule has 3 rings (SSSR count). The summed E-state index contributed by atoms with van der Waals surface area (Å²) >= 11 is 6.43. The SMILES string of the molecule is CCCc1n[nH]c(=S)n1CC(=O)Nc1nc(-c2ccc(F)c(F)c2)c(C)s1. The molecule has 0 spiro atoms. The highest BCUT2D eigenvalue weighted by molar-refractivity contribution is 7.71. The van der Waals surface area contributed by atoms with Crippen molar-refractivity contribution in [1.29, 1.82) is 0 Å². The second kappa shape index (κ2) is 8.05. The van der Waals surface area contributed by atoms with Gasteiger partial charge in [0, 0.05) is 16.9 Å². The first kappa shape index (κ1) is 19.3. The minimum Gasteiger partial charge on any atom is -0.300 e. The van der Waals surface area contributed by atoms with Gasteiger partial charge in [-0.15, -0.1) is 11.3 Å². The van der Waals surface area contributed by atoms with Gasteiger partial charge < -0.3 is 5.32 Å². The molecular formula is C17H17F2N5OS2. The maximum Gasteiger partial charge on any atom is 0.246 e. The number of aromatic amines is 1. The molecule has 0 saturated heterocycles. The van der Waals surface area contributed by atoms with Crippen LogP contribution in [0.25, 0.3) is 11.3 Å². The Morgan fingerprint density at radius 2 is 2.15 bits per heavy atom. The second-order valence-corrected chi connectivity index (χ2v) is 7.47. The Kier molecular flexibility index (Phi) is 5.76. The Balaban J connectivity index is 1.77. The van der Waals surface area contributed by atoms with E-state index < -0.39 is 11.6 Å². The molecule has 0 radical (unpaired) electrons. The number of nitrogens with one attached hydrogen (secondary N) is 2. The normalized spacial score (nSPS) is 11.0. The summed E-state index contributed by atoms with van der Waals surface area (Å²) in [5.74, 6) is -1.44. The van der Waals surface area contributed by atoms with Gasteiger partial charge in [-0.3, -0.25) is 14.5 Å². The van der Waals surface area contributed by atoms with Gasteiger partial charge in [0.1, 0.15) is 12.4 Å². The van der Waals surface area contributed by atoms with Gasteiger partial charge in [0.05, 0.1) is 5.69 Å². The molecule has 1 aromatic carbocycles. The molecule has 0 atom stereocenters. The molecule has 0 saturated carbocycles. The van der Waals surface area contributed by atoms with Crippen LogP contribution in [0.2, 0.25) is 0 Å². The van der Waals surface area contributed by atoms with Crippen LogP contribution < -0.4 is 5.32 Å². The number of carbonyl (C=O) groups is 1.